The molecule has 1 fully saturated rings. The van der Waals surface area contributed by atoms with E-state index in [1.807, 2.05) is 71.9 Å². The molecule has 1 unspecified atom stereocenters. The number of azide groups is 1. The molecule has 9 atom stereocenters. The van der Waals surface area contributed by atoms with Gasteiger partial charge in [-0.2, -0.15) is 0 Å². The summed E-state index contributed by atoms with van der Waals surface area (Å²) >= 11 is 0. The zero-order chi connectivity index (χ0) is 48.8. The van der Waals surface area contributed by atoms with E-state index in [9.17, 15) is 33.9 Å². The number of aliphatic carboxylic acids is 1. The molecule has 1 aliphatic rings. The van der Waals surface area contributed by atoms with Crippen molar-refractivity contribution in [1.82, 2.24) is 14.7 Å². The Bertz CT molecular complexity index is 1710. The molecule has 1 heterocycles. The van der Waals surface area contributed by atoms with Crippen molar-refractivity contribution in [2.24, 2.45) is 40.6 Å². The molecular weight excluding hydrogens is 837 g/mol. The number of hydrogen-bond acceptors (Lipinski definition) is 11. The van der Waals surface area contributed by atoms with Crippen molar-refractivity contribution in [3.8, 4) is 0 Å². The zero-order valence-corrected chi connectivity index (χ0v) is 40.9. The average Bonchev–Trinajstić information content (AvgIpc) is 3.76. The molecule has 0 aliphatic carbocycles. The highest BCUT2D eigenvalue weighted by molar-refractivity contribution is 5.93. The first kappa shape index (κ1) is 56.7. The molecule has 1 saturated heterocycles. The molecule has 17 heteroatoms. The molecule has 0 bridgehead atoms. The minimum Gasteiger partial charge on any atom is -0.481 e. The van der Waals surface area contributed by atoms with Crippen LogP contribution in [-0.4, -0.2) is 153 Å². The number of ether oxygens (including phenoxy) is 4. The predicted molar refractivity (Wildman–Crippen MR) is 247 cm³/mol. The SMILES string of the molecule is CC[C@H](C)C([C@@H](CC(=O)N1CCC[C@H]1[C@H](OC)[C@@H](C)C(=O)C[C@@H](Cc1ccccc1)C(=O)O)OC)N(C)C(=O)[C@@H](CC(=O)[C@H](C(C)C)N(C)C(=O)CCOCCOCCN=[N+]=[N-])C(C)C. The lowest BCUT2D eigenvalue weighted by molar-refractivity contribution is -0.150. The quantitative estimate of drug-likeness (QED) is 0.0368. The summed E-state index contributed by atoms with van der Waals surface area (Å²) in [7, 11) is 6.33. The Hall–Kier alpha value is -4.41. The number of likely N-dealkylation sites (tertiary alicyclic amines) is 1. The number of carboxylic acid groups (broad SMARTS) is 1. The van der Waals surface area contributed by atoms with Gasteiger partial charge in [-0.15, -0.1) is 0 Å². The van der Waals surface area contributed by atoms with Gasteiger partial charge in [0.15, 0.2) is 5.78 Å². The molecule has 1 aliphatic heterocycles. The fourth-order valence-corrected chi connectivity index (χ4v) is 9.12. The third kappa shape index (κ3) is 17.4. The summed E-state index contributed by atoms with van der Waals surface area (Å²) in [5.41, 5.74) is 9.17. The number of methoxy groups -OCH3 is 2. The van der Waals surface area contributed by atoms with Crippen LogP contribution in [-0.2, 0) is 54.1 Å². The van der Waals surface area contributed by atoms with Gasteiger partial charge < -0.3 is 38.8 Å². The van der Waals surface area contributed by atoms with E-state index >= 15 is 0 Å². The Labute approximate surface area is 386 Å². The molecule has 366 valence electrons. The van der Waals surface area contributed by atoms with E-state index in [1.54, 1.807) is 30.8 Å². The lowest BCUT2D eigenvalue weighted by Gasteiger charge is -2.41. The van der Waals surface area contributed by atoms with Crippen LogP contribution in [0.5, 0.6) is 0 Å². The number of nitrogens with zero attached hydrogens (tertiary/aromatic N) is 6. The molecule has 3 amide bonds. The zero-order valence-electron chi connectivity index (χ0n) is 40.9. The van der Waals surface area contributed by atoms with Crippen LogP contribution >= 0.6 is 0 Å². The molecule has 1 N–H and O–H groups in total. The van der Waals surface area contributed by atoms with E-state index in [-0.39, 0.29) is 112 Å². The lowest BCUT2D eigenvalue weighted by Crippen LogP contribution is -2.54. The molecule has 17 nitrogen and oxygen atoms in total. The second kappa shape index (κ2) is 29.3. The fraction of sp³-hybridized carbons (Fsp3) is 0.750. The summed E-state index contributed by atoms with van der Waals surface area (Å²) in [4.78, 5) is 89.7. The highest BCUT2D eigenvalue weighted by Crippen LogP contribution is 2.32. The maximum absolute atomic E-state index is 14.6. The second-order valence-electron chi connectivity index (χ2n) is 18.1. The van der Waals surface area contributed by atoms with Crippen molar-refractivity contribution in [2.75, 3.05) is 67.8 Å². The van der Waals surface area contributed by atoms with Crippen LogP contribution in [0.3, 0.4) is 0 Å². The molecule has 0 aromatic heterocycles. The monoisotopic (exact) mass is 915 g/mol. The van der Waals surface area contributed by atoms with E-state index in [1.165, 1.54) is 19.1 Å². The first-order valence-corrected chi connectivity index (χ1v) is 23.2. The molecule has 0 radical (unpaired) electrons. The Morgan fingerprint density at radius 2 is 1.51 bits per heavy atom. The maximum Gasteiger partial charge on any atom is 0.307 e. The first-order chi connectivity index (χ1) is 30.9. The number of amides is 3. The molecule has 1 aromatic rings. The number of benzene rings is 1. The van der Waals surface area contributed by atoms with Gasteiger partial charge in [0.25, 0.3) is 0 Å². The third-order valence-electron chi connectivity index (χ3n) is 13.0. The summed E-state index contributed by atoms with van der Waals surface area (Å²) in [6.07, 6.45) is 0.592. The number of rotatable bonds is 32. The molecular formula is C48H78N6O11. The van der Waals surface area contributed by atoms with Crippen LogP contribution in [0.1, 0.15) is 99.0 Å². The van der Waals surface area contributed by atoms with Crippen molar-refractivity contribution >= 4 is 35.3 Å². The molecule has 0 saturated carbocycles. The van der Waals surface area contributed by atoms with E-state index in [0.717, 1.165) is 5.56 Å². The van der Waals surface area contributed by atoms with Crippen molar-refractivity contribution in [3.63, 3.8) is 0 Å². The number of carbonyl (C=O) groups excluding carboxylic acids is 5. The number of carbonyl (C=O) groups is 6. The topological polar surface area (TPSA) is 218 Å². The van der Waals surface area contributed by atoms with Gasteiger partial charge >= 0.3 is 5.97 Å². The highest BCUT2D eigenvalue weighted by atomic mass is 16.5. The van der Waals surface area contributed by atoms with Crippen molar-refractivity contribution in [2.45, 2.75) is 130 Å². The van der Waals surface area contributed by atoms with Crippen molar-refractivity contribution < 1.29 is 52.8 Å². The Morgan fingerprint density at radius 1 is 0.862 bits per heavy atom. The number of Topliss-reactive ketones (excluding diaryl/α,β-unsaturated/α-hetero) is 2. The standard InChI is InChI=1S/C48H78N6O11/c1-12-33(6)45(53(9)47(59)37(31(2)3)29-40(56)44(32(4)5)52(8)42(57)20-23-64-25-26-65-24-21-50-51-49)41(62-10)30-43(58)54-22-16-19-38(54)46(63-11)34(7)39(55)28-36(48(60)61)27-35-17-14-13-15-18-35/h13-15,17-18,31-34,36-38,41,44-46H,12,16,19-30H2,1-11H3,(H,60,61)/t33-,34-,36+,37-,38-,41+,44-,45?,46+/m0/s1. The minimum atomic E-state index is -1.05. The van der Waals surface area contributed by atoms with Gasteiger partial charge in [-0.25, -0.2) is 0 Å². The van der Waals surface area contributed by atoms with Gasteiger partial charge in [-0.3, -0.25) is 28.8 Å². The molecule has 65 heavy (non-hydrogen) atoms. The summed E-state index contributed by atoms with van der Waals surface area (Å²) in [5, 5.41) is 13.4. The van der Waals surface area contributed by atoms with Gasteiger partial charge in [0.05, 0.1) is 75.5 Å². The largest absolute Gasteiger partial charge is 0.481 e. The van der Waals surface area contributed by atoms with Gasteiger partial charge in [0.2, 0.25) is 17.7 Å². The van der Waals surface area contributed by atoms with Crippen LogP contribution in [0.4, 0.5) is 0 Å². The van der Waals surface area contributed by atoms with E-state index in [4.69, 9.17) is 24.5 Å². The number of ketones is 2. The summed E-state index contributed by atoms with van der Waals surface area (Å²) in [6, 6.07) is 7.48. The lowest BCUT2D eigenvalue weighted by atomic mass is 9.83. The van der Waals surface area contributed by atoms with Crippen molar-refractivity contribution in [1.29, 1.82) is 0 Å². The normalized spacial score (nSPS) is 17.6. The molecule has 1 aromatic carbocycles. The van der Waals surface area contributed by atoms with Crippen LogP contribution < -0.4 is 0 Å². The van der Waals surface area contributed by atoms with E-state index < -0.39 is 54.1 Å². The van der Waals surface area contributed by atoms with E-state index in [2.05, 4.69) is 10.0 Å². The van der Waals surface area contributed by atoms with Crippen LogP contribution in [0.25, 0.3) is 10.4 Å². The summed E-state index contributed by atoms with van der Waals surface area (Å²) in [5.74, 6) is -5.08. The number of carboxylic acids is 1. The Kier molecular flexibility index (Phi) is 25.5. The molecule has 2 rings (SSSR count). The van der Waals surface area contributed by atoms with Crippen LogP contribution in [0.15, 0.2) is 35.4 Å². The van der Waals surface area contributed by atoms with Crippen molar-refractivity contribution in [3.05, 3.63) is 46.3 Å². The Balaban J connectivity index is 2.20. The van der Waals surface area contributed by atoms with Gasteiger partial charge in [0.1, 0.15) is 5.78 Å². The maximum atomic E-state index is 14.6. The average molecular weight is 915 g/mol. The summed E-state index contributed by atoms with van der Waals surface area (Å²) < 4.78 is 22.8. The van der Waals surface area contributed by atoms with Gasteiger partial charge in [-0.1, -0.05) is 90.3 Å². The fourth-order valence-electron chi connectivity index (χ4n) is 9.12. The second-order valence-corrected chi connectivity index (χ2v) is 18.1. The smallest absolute Gasteiger partial charge is 0.307 e. The predicted octanol–water partition coefficient (Wildman–Crippen LogP) is 6.26. The minimum absolute atomic E-state index is 0.0433. The van der Waals surface area contributed by atoms with E-state index in [0.29, 0.717) is 25.8 Å². The van der Waals surface area contributed by atoms with Gasteiger partial charge in [-0.05, 0) is 48.1 Å². The summed E-state index contributed by atoms with van der Waals surface area (Å²) in [6.45, 7) is 14.9. The van der Waals surface area contributed by atoms with Crippen LogP contribution in [0, 0.1) is 35.5 Å². The molecule has 0 spiro atoms. The Morgan fingerprint density at radius 3 is 2.06 bits per heavy atom. The highest BCUT2D eigenvalue weighted by Gasteiger charge is 2.44. The van der Waals surface area contributed by atoms with Gasteiger partial charge in [0, 0.05) is 71.0 Å². The third-order valence-corrected chi connectivity index (χ3v) is 13.0. The van der Waals surface area contributed by atoms with Crippen LogP contribution in [0.2, 0.25) is 0 Å². The number of likely N-dealkylation sites (N-methyl/N-ethyl adjacent to an activating group) is 2. The first-order valence-electron chi connectivity index (χ1n) is 23.2. The number of hydrogen-bond donors (Lipinski definition) is 1.